The third-order valence-electron chi connectivity index (χ3n) is 4.92. The van der Waals surface area contributed by atoms with Crippen LogP contribution in [0.15, 0.2) is 0 Å². The lowest BCUT2D eigenvalue weighted by molar-refractivity contribution is -0.136. The van der Waals surface area contributed by atoms with Crippen molar-refractivity contribution < 1.29 is 9.84 Å². The van der Waals surface area contributed by atoms with Crippen molar-refractivity contribution in [3.05, 3.63) is 0 Å². The van der Waals surface area contributed by atoms with Gasteiger partial charge in [0.25, 0.3) is 0 Å². The fourth-order valence-electron chi connectivity index (χ4n) is 3.18. The van der Waals surface area contributed by atoms with Gasteiger partial charge >= 0.3 is 0 Å². The van der Waals surface area contributed by atoms with E-state index in [-0.39, 0.29) is 11.7 Å². The molecule has 0 spiro atoms. The van der Waals surface area contributed by atoms with E-state index in [1.165, 1.54) is 32.1 Å². The Balaban J connectivity index is 1.91. The van der Waals surface area contributed by atoms with Crippen molar-refractivity contribution in [2.45, 2.75) is 70.0 Å². The third-order valence-corrected chi connectivity index (χ3v) is 4.92. The molecule has 0 aromatic heterocycles. The predicted octanol–water partition coefficient (Wildman–Crippen LogP) is 3.13. The Labute approximate surface area is 99.4 Å². The van der Waals surface area contributed by atoms with E-state index in [1.54, 1.807) is 7.11 Å². The Kier molecular flexibility index (Phi) is 3.91. The van der Waals surface area contributed by atoms with Gasteiger partial charge in [-0.2, -0.15) is 0 Å². The Morgan fingerprint density at radius 3 is 2.31 bits per heavy atom. The van der Waals surface area contributed by atoms with E-state index < -0.39 is 0 Å². The molecule has 0 radical (unpaired) electrons. The van der Waals surface area contributed by atoms with E-state index in [0.717, 1.165) is 31.1 Å². The van der Waals surface area contributed by atoms with Gasteiger partial charge in [-0.3, -0.25) is 0 Å². The average Bonchev–Trinajstić information content (AvgIpc) is 2.25. The van der Waals surface area contributed by atoms with Crippen molar-refractivity contribution in [2.24, 2.45) is 11.8 Å². The summed E-state index contributed by atoms with van der Waals surface area (Å²) in [5.41, 5.74) is -0.220. The van der Waals surface area contributed by atoms with Gasteiger partial charge in [0.05, 0.1) is 11.7 Å². The normalized spacial score (nSPS) is 38.1. The van der Waals surface area contributed by atoms with Crippen LogP contribution in [0.4, 0.5) is 0 Å². The molecular formula is C14H26O2. The van der Waals surface area contributed by atoms with Crippen molar-refractivity contribution in [1.29, 1.82) is 0 Å². The van der Waals surface area contributed by atoms with Crippen molar-refractivity contribution in [3.8, 4) is 0 Å². The summed E-state index contributed by atoms with van der Waals surface area (Å²) in [5, 5.41) is 10.4. The van der Waals surface area contributed by atoms with E-state index in [2.05, 4.69) is 6.92 Å². The maximum Gasteiger partial charge on any atom is 0.0936 e. The van der Waals surface area contributed by atoms with Crippen molar-refractivity contribution >= 4 is 0 Å². The highest BCUT2D eigenvalue weighted by Crippen LogP contribution is 2.41. The lowest BCUT2D eigenvalue weighted by atomic mass is 9.72. The Morgan fingerprint density at radius 1 is 1.25 bits per heavy atom. The molecule has 0 aromatic rings. The summed E-state index contributed by atoms with van der Waals surface area (Å²) in [6.07, 6.45) is 9.19. The Morgan fingerprint density at radius 2 is 1.88 bits per heavy atom. The number of hydrogen-bond donors (Lipinski definition) is 1. The summed E-state index contributed by atoms with van der Waals surface area (Å²) in [4.78, 5) is 0. The first-order valence-corrected chi connectivity index (χ1v) is 6.89. The van der Waals surface area contributed by atoms with Crippen LogP contribution in [0, 0.1) is 11.8 Å². The molecule has 2 aliphatic carbocycles. The van der Waals surface area contributed by atoms with E-state index in [4.69, 9.17) is 4.74 Å². The van der Waals surface area contributed by atoms with E-state index >= 15 is 0 Å². The monoisotopic (exact) mass is 226 g/mol. The topological polar surface area (TPSA) is 29.5 Å². The Bertz CT molecular complexity index is 215. The summed E-state index contributed by atoms with van der Waals surface area (Å²) in [5.74, 6) is 1.57. The van der Waals surface area contributed by atoms with Crippen molar-refractivity contribution in [3.63, 3.8) is 0 Å². The zero-order chi connectivity index (χ0) is 11.6. The van der Waals surface area contributed by atoms with Gasteiger partial charge in [-0.25, -0.2) is 0 Å². The number of rotatable bonds is 4. The highest BCUT2D eigenvalue weighted by molar-refractivity contribution is 4.94. The quantitative estimate of drug-likeness (QED) is 0.798. The SMILES string of the molecule is COC1(C(O)CC2CCC2)CCC(C)CC1. The zero-order valence-corrected chi connectivity index (χ0v) is 10.7. The predicted molar refractivity (Wildman–Crippen MR) is 65.3 cm³/mol. The molecule has 94 valence electrons. The molecule has 16 heavy (non-hydrogen) atoms. The highest BCUT2D eigenvalue weighted by atomic mass is 16.5. The number of methoxy groups -OCH3 is 1. The standard InChI is InChI=1S/C14H26O2/c1-11-6-8-14(16-2,9-7-11)13(15)10-12-4-3-5-12/h11-13,15H,3-10H2,1-2H3. The van der Waals surface area contributed by atoms with Gasteiger partial charge < -0.3 is 9.84 Å². The molecule has 1 N–H and O–H groups in total. The molecule has 0 saturated heterocycles. The van der Waals surface area contributed by atoms with Gasteiger partial charge in [-0.15, -0.1) is 0 Å². The summed E-state index contributed by atoms with van der Waals surface area (Å²) in [7, 11) is 1.78. The first-order chi connectivity index (χ1) is 7.66. The van der Waals surface area contributed by atoms with Crippen LogP contribution in [0.25, 0.3) is 0 Å². The molecule has 2 nitrogen and oxygen atoms in total. The maximum absolute atomic E-state index is 10.4. The van der Waals surface area contributed by atoms with Gasteiger partial charge in [0.15, 0.2) is 0 Å². The Hall–Kier alpha value is -0.0800. The van der Waals surface area contributed by atoms with Gasteiger partial charge in [-0.1, -0.05) is 26.2 Å². The van der Waals surface area contributed by atoms with E-state index in [1.807, 2.05) is 0 Å². The van der Waals surface area contributed by atoms with Crippen molar-refractivity contribution in [1.82, 2.24) is 0 Å². The lowest BCUT2D eigenvalue weighted by Crippen LogP contribution is -2.48. The van der Waals surface area contributed by atoms with Gasteiger partial charge in [0, 0.05) is 7.11 Å². The first kappa shape index (κ1) is 12.4. The summed E-state index contributed by atoms with van der Waals surface area (Å²) >= 11 is 0. The van der Waals surface area contributed by atoms with Crippen LogP contribution in [0.5, 0.6) is 0 Å². The largest absolute Gasteiger partial charge is 0.390 e. The van der Waals surface area contributed by atoms with Crippen LogP contribution >= 0.6 is 0 Å². The molecule has 2 rings (SSSR count). The second-order valence-corrected chi connectivity index (χ2v) is 6.00. The van der Waals surface area contributed by atoms with Crippen LogP contribution in [0.3, 0.4) is 0 Å². The molecule has 0 aliphatic heterocycles. The number of aliphatic hydroxyl groups excluding tert-OH is 1. The fraction of sp³-hybridized carbons (Fsp3) is 1.00. The van der Waals surface area contributed by atoms with E-state index in [0.29, 0.717) is 0 Å². The zero-order valence-electron chi connectivity index (χ0n) is 10.7. The van der Waals surface area contributed by atoms with Crippen molar-refractivity contribution in [2.75, 3.05) is 7.11 Å². The molecule has 1 unspecified atom stereocenters. The summed E-state index contributed by atoms with van der Waals surface area (Å²) in [6.45, 7) is 2.30. The number of hydrogen-bond acceptors (Lipinski definition) is 2. The minimum atomic E-state index is -0.240. The second kappa shape index (κ2) is 5.05. The molecule has 0 bridgehead atoms. The molecule has 2 aliphatic rings. The molecule has 2 heteroatoms. The molecule has 0 aromatic carbocycles. The lowest BCUT2D eigenvalue weighted by Gasteiger charge is -2.43. The third kappa shape index (κ3) is 2.43. The molecule has 2 saturated carbocycles. The maximum atomic E-state index is 10.4. The average molecular weight is 226 g/mol. The smallest absolute Gasteiger partial charge is 0.0936 e. The molecule has 0 heterocycles. The van der Waals surface area contributed by atoms with Crippen LogP contribution in [-0.2, 0) is 4.74 Å². The van der Waals surface area contributed by atoms with Crippen LogP contribution in [-0.4, -0.2) is 23.9 Å². The first-order valence-electron chi connectivity index (χ1n) is 6.89. The second-order valence-electron chi connectivity index (χ2n) is 6.00. The van der Waals surface area contributed by atoms with Gasteiger partial charge in [0.1, 0.15) is 0 Å². The van der Waals surface area contributed by atoms with Crippen LogP contribution < -0.4 is 0 Å². The van der Waals surface area contributed by atoms with E-state index in [9.17, 15) is 5.11 Å². The van der Waals surface area contributed by atoms with Crippen LogP contribution in [0.2, 0.25) is 0 Å². The molecule has 1 atom stereocenters. The highest BCUT2D eigenvalue weighted by Gasteiger charge is 2.41. The van der Waals surface area contributed by atoms with Gasteiger partial charge in [-0.05, 0) is 43.9 Å². The summed E-state index contributed by atoms with van der Waals surface area (Å²) in [6, 6.07) is 0. The molecular weight excluding hydrogens is 200 g/mol. The number of aliphatic hydroxyl groups is 1. The number of ether oxygens (including phenoxy) is 1. The van der Waals surface area contributed by atoms with Crippen LogP contribution in [0.1, 0.15) is 58.3 Å². The fourth-order valence-corrected chi connectivity index (χ4v) is 3.18. The molecule has 2 fully saturated rings. The van der Waals surface area contributed by atoms with Gasteiger partial charge in [0.2, 0.25) is 0 Å². The minimum Gasteiger partial charge on any atom is -0.390 e. The summed E-state index contributed by atoms with van der Waals surface area (Å²) < 4.78 is 5.71. The molecule has 0 amide bonds. The minimum absolute atomic E-state index is 0.220.